The monoisotopic (exact) mass is 323 g/mol. The molecule has 1 aromatic carbocycles. The first-order chi connectivity index (χ1) is 11.6. The number of pyridine rings is 1. The van der Waals surface area contributed by atoms with E-state index >= 15 is 0 Å². The number of anilines is 1. The molecule has 1 aliphatic rings. The zero-order chi connectivity index (χ0) is 16.7. The fourth-order valence-electron chi connectivity index (χ4n) is 3.16. The van der Waals surface area contributed by atoms with Crippen LogP contribution in [-0.2, 0) is 4.79 Å². The second-order valence-corrected chi connectivity index (χ2v) is 6.18. The van der Waals surface area contributed by atoms with Gasteiger partial charge < -0.3 is 14.8 Å². The first-order valence-electron chi connectivity index (χ1n) is 7.90. The van der Waals surface area contributed by atoms with Crippen LogP contribution in [0.1, 0.15) is 18.7 Å². The van der Waals surface area contributed by atoms with Crippen LogP contribution in [0.3, 0.4) is 0 Å². The Morgan fingerprint density at radius 2 is 2.12 bits per heavy atom. The van der Waals surface area contributed by atoms with Crippen molar-refractivity contribution in [2.45, 2.75) is 25.8 Å². The average molecular weight is 323 g/mol. The first-order valence-corrected chi connectivity index (χ1v) is 7.90. The number of rotatable bonds is 4. The number of hydrogen-bond donors (Lipinski definition) is 2. The molecule has 1 saturated carbocycles. The van der Waals surface area contributed by atoms with Crippen LogP contribution in [0.15, 0.2) is 41.2 Å². The zero-order valence-electron chi connectivity index (χ0n) is 13.2. The lowest BCUT2D eigenvalue weighted by molar-refractivity contribution is -0.144. The van der Waals surface area contributed by atoms with Gasteiger partial charge in [0.2, 0.25) is 0 Å². The van der Waals surface area contributed by atoms with E-state index in [2.05, 4.69) is 15.3 Å². The number of fused-ring (bicyclic) bond motifs is 1. The highest BCUT2D eigenvalue weighted by atomic mass is 16.4. The number of nitrogens with one attached hydrogen (secondary N) is 1. The van der Waals surface area contributed by atoms with Crippen LogP contribution >= 0.6 is 0 Å². The summed E-state index contributed by atoms with van der Waals surface area (Å²) in [5, 5.41) is 14.6. The molecule has 24 heavy (non-hydrogen) atoms. The molecular weight excluding hydrogens is 306 g/mol. The topological polar surface area (TPSA) is 88.2 Å². The van der Waals surface area contributed by atoms with Crippen molar-refractivity contribution in [1.29, 1.82) is 0 Å². The fraction of sp³-hybridized carbons (Fsp3) is 0.278. The Kier molecular flexibility index (Phi) is 3.45. The molecule has 4 rings (SSSR count). The van der Waals surface area contributed by atoms with Gasteiger partial charge in [-0.3, -0.25) is 9.78 Å². The molecule has 2 N–H and O–H groups in total. The molecule has 6 heteroatoms. The summed E-state index contributed by atoms with van der Waals surface area (Å²) < 4.78 is 5.69. The summed E-state index contributed by atoms with van der Waals surface area (Å²) in [6, 6.07) is 6.09. The molecule has 0 spiro atoms. The van der Waals surface area contributed by atoms with Crippen LogP contribution in [0, 0.1) is 12.8 Å². The van der Waals surface area contributed by atoms with E-state index in [1.165, 1.54) is 0 Å². The second-order valence-electron chi connectivity index (χ2n) is 6.18. The smallest absolute Gasteiger partial charge is 0.306 e. The summed E-state index contributed by atoms with van der Waals surface area (Å²) in [5.74, 6) is 0.333. The fourth-order valence-corrected chi connectivity index (χ4v) is 3.16. The highest BCUT2D eigenvalue weighted by molar-refractivity contribution is 6.00. The van der Waals surface area contributed by atoms with Gasteiger partial charge in [-0.05, 0) is 25.0 Å². The summed E-state index contributed by atoms with van der Waals surface area (Å²) >= 11 is 0. The Morgan fingerprint density at radius 1 is 1.29 bits per heavy atom. The van der Waals surface area contributed by atoms with Crippen molar-refractivity contribution in [1.82, 2.24) is 9.97 Å². The number of nitrogens with zero attached hydrogens (tertiary/aromatic N) is 2. The maximum absolute atomic E-state index is 11.0. The molecule has 0 atom stereocenters. The molecule has 122 valence electrons. The summed E-state index contributed by atoms with van der Waals surface area (Å²) in [7, 11) is 0. The predicted molar refractivity (Wildman–Crippen MR) is 89.7 cm³/mol. The third-order valence-corrected chi connectivity index (χ3v) is 4.54. The van der Waals surface area contributed by atoms with Crippen molar-refractivity contribution in [3.05, 3.63) is 42.7 Å². The van der Waals surface area contributed by atoms with E-state index in [-0.39, 0.29) is 12.0 Å². The number of aromatic nitrogens is 2. The maximum atomic E-state index is 11.0. The molecule has 6 nitrogen and oxygen atoms in total. The molecule has 0 radical (unpaired) electrons. The average Bonchev–Trinajstić information content (AvgIpc) is 2.96. The van der Waals surface area contributed by atoms with Gasteiger partial charge in [-0.25, -0.2) is 4.98 Å². The molecule has 0 amide bonds. The van der Waals surface area contributed by atoms with Gasteiger partial charge in [-0.15, -0.1) is 0 Å². The Balaban J connectivity index is 1.74. The van der Waals surface area contributed by atoms with E-state index in [0.717, 1.165) is 22.0 Å². The van der Waals surface area contributed by atoms with Gasteiger partial charge >= 0.3 is 5.97 Å². The molecule has 0 bridgehead atoms. The van der Waals surface area contributed by atoms with Crippen LogP contribution in [0.4, 0.5) is 5.69 Å². The number of hydrogen-bond acceptors (Lipinski definition) is 5. The molecule has 0 unspecified atom stereocenters. The van der Waals surface area contributed by atoms with Gasteiger partial charge in [0.25, 0.3) is 0 Å². The number of oxazole rings is 1. The van der Waals surface area contributed by atoms with Crippen LogP contribution < -0.4 is 5.32 Å². The third-order valence-electron chi connectivity index (χ3n) is 4.54. The first kappa shape index (κ1) is 14.7. The van der Waals surface area contributed by atoms with E-state index in [1.54, 1.807) is 12.4 Å². The SMILES string of the molecule is Cc1ncc(-c2ccc3cnccc3c2N[C@H]2C[C@H](C(=O)O)C2)o1. The van der Waals surface area contributed by atoms with E-state index in [9.17, 15) is 4.79 Å². The normalized spacial score (nSPS) is 19.9. The molecule has 0 aliphatic heterocycles. The highest BCUT2D eigenvalue weighted by Gasteiger charge is 2.35. The van der Waals surface area contributed by atoms with Crippen LogP contribution in [0.5, 0.6) is 0 Å². The van der Waals surface area contributed by atoms with Crippen molar-refractivity contribution >= 4 is 22.4 Å². The minimum atomic E-state index is -0.721. The Morgan fingerprint density at radius 3 is 2.83 bits per heavy atom. The Bertz CT molecular complexity index is 913. The molecule has 3 aromatic rings. The van der Waals surface area contributed by atoms with E-state index < -0.39 is 5.97 Å². The van der Waals surface area contributed by atoms with Crippen LogP contribution in [0.25, 0.3) is 22.1 Å². The van der Waals surface area contributed by atoms with Gasteiger partial charge in [-0.1, -0.05) is 6.07 Å². The van der Waals surface area contributed by atoms with Crippen molar-refractivity contribution < 1.29 is 14.3 Å². The van der Waals surface area contributed by atoms with Crippen LogP contribution in [-0.4, -0.2) is 27.1 Å². The molecular formula is C18H17N3O3. The minimum absolute atomic E-state index is 0.146. The Hall–Kier alpha value is -2.89. The largest absolute Gasteiger partial charge is 0.481 e. The summed E-state index contributed by atoms with van der Waals surface area (Å²) in [5.41, 5.74) is 1.87. The van der Waals surface area contributed by atoms with Crippen molar-refractivity contribution in [2.24, 2.45) is 5.92 Å². The number of carboxylic acids is 1. The van der Waals surface area contributed by atoms with Gasteiger partial charge in [0, 0.05) is 41.7 Å². The number of aryl methyl sites for hydroxylation is 1. The molecule has 0 saturated heterocycles. The van der Waals surface area contributed by atoms with Gasteiger partial charge in [-0.2, -0.15) is 0 Å². The summed E-state index contributed by atoms with van der Waals surface area (Å²) in [6.07, 6.45) is 6.54. The van der Waals surface area contributed by atoms with E-state index in [0.29, 0.717) is 24.5 Å². The lowest BCUT2D eigenvalue weighted by atomic mass is 9.80. The van der Waals surface area contributed by atoms with Crippen molar-refractivity contribution in [3.63, 3.8) is 0 Å². The predicted octanol–water partition coefficient (Wildman–Crippen LogP) is 3.47. The summed E-state index contributed by atoms with van der Waals surface area (Å²) in [4.78, 5) is 19.4. The molecule has 2 heterocycles. The molecule has 1 aliphatic carbocycles. The quantitative estimate of drug-likeness (QED) is 0.764. The van der Waals surface area contributed by atoms with Crippen LogP contribution in [0.2, 0.25) is 0 Å². The van der Waals surface area contributed by atoms with E-state index in [4.69, 9.17) is 9.52 Å². The molecule has 2 aromatic heterocycles. The molecule has 1 fully saturated rings. The second kappa shape index (κ2) is 5.63. The zero-order valence-corrected chi connectivity index (χ0v) is 13.2. The standard InChI is InChI=1S/C18H17N3O3/c1-10-20-9-16(24-10)15-3-2-11-8-19-5-4-14(11)17(15)21-13-6-12(7-13)18(22)23/h2-5,8-9,12-13,21H,6-7H2,1H3,(H,22,23)/t12-,13-. The lowest BCUT2D eigenvalue weighted by Crippen LogP contribution is -2.39. The van der Waals surface area contributed by atoms with Crippen molar-refractivity contribution in [2.75, 3.05) is 5.32 Å². The number of aliphatic carboxylic acids is 1. The minimum Gasteiger partial charge on any atom is -0.481 e. The Labute approximate surface area is 138 Å². The lowest BCUT2D eigenvalue weighted by Gasteiger charge is -2.34. The maximum Gasteiger partial charge on any atom is 0.306 e. The highest BCUT2D eigenvalue weighted by Crippen LogP contribution is 2.38. The summed E-state index contributed by atoms with van der Waals surface area (Å²) in [6.45, 7) is 1.81. The number of carbonyl (C=O) groups is 1. The van der Waals surface area contributed by atoms with E-state index in [1.807, 2.05) is 31.3 Å². The van der Waals surface area contributed by atoms with Gasteiger partial charge in [0.05, 0.1) is 17.8 Å². The van der Waals surface area contributed by atoms with Gasteiger partial charge in [0.1, 0.15) is 0 Å². The van der Waals surface area contributed by atoms with Crippen molar-refractivity contribution in [3.8, 4) is 11.3 Å². The number of carboxylic acid groups (broad SMARTS) is 1. The number of benzene rings is 1. The van der Waals surface area contributed by atoms with Gasteiger partial charge in [0.15, 0.2) is 11.7 Å². The third kappa shape index (κ3) is 2.50.